The zero-order chi connectivity index (χ0) is 13.1. The first-order valence-electron chi connectivity index (χ1n) is 5.66. The van der Waals surface area contributed by atoms with Crippen LogP contribution in [0.2, 0.25) is 0 Å². The molecule has 2 aromatic rings. The molecule has 0 amide bonds. The highest BCUT2D eigenvalue weighted by Crippen LogP contribution is 2.08. The van der Waals surface area contributed by atoms with Gasteiger partial charge in [0, 0.05) is 12.8 Å². The molecule has 18 heavy (non-hydrogen) atoms. The SMILES string of the molecule is CCc1nc(CC)n(-c2cncc(C(=O)O)n2)n1. The third-order valence-corrected chi connectivity index (χ3v) is 2.41. The fourth-order valence-corrected chi connectivity index (χ4v) is 1.51. The van der Waals surface area contributed by atoms with Gasteiger partial charge in [0.2, 0.25) is 0 Å². The fourth-order valence-electron chi connectivity index (χ4n) is 1.51. The summed E-state index contributed by atoms with van der Waals surface area (Å²) in [6.45, 7) is 3.91. The molecule has 2 heterocycles. The molecule has 0 bridgehead atoms. The highest BCUT2D eigenvalue weighted by atomic mass is 16.4. The molecule has 0 spiro atoms. The third-order valence-electron chi connectivity index (χ3n) is 2.41. The van der Waals surface area contributed by atoms with Gasteiger partial charge in [-0.1, -0.05) is 13.8 Å². The monoisotopic (exact) mass is 247 g/mol. The molecule has 0 radical (unpaired) electrons. The maximum Gasteiger partial charge on any atom is 0.356 e. The topological polar surface area (TPSA) is 93.8 Å². The zero-order valence-corrected chi connectivity index (χ0v) is 10.2. The largest absolute Gasteiger partial charge is 0.476 e. The maximum atomic E-state index is 10.9. The Kier molecular flexibility index (Phi) is 3.31. The number of nitrogens with zero attached hydrogens (tertiary/aromatic N) is 5. The summed E-state index contributed by atoms with van der Waals surface area (Å²) < 4.78 is 1.54. The van der Waals surface area contributed by atoms with E-state index >= 15 is 0 Å². The number of carboxylic acids is 1. The van der Waals surface area contributed by atoms with Gasteiger partial charge in [-0.05, 0) is 0 Å². The number of aromatic nitrogens is 5. The molecule has 1 N–H and O–H groups in total. The summed E-state index contributed by atoms with van der Waals surface area (Å²) in [6.07, 6.45) is 4.08. The lowest BCUT2D eigenvalue weighted by Gasteiger charge is -2.03. The average molecular weight is 247 g/mol. The Hall–Kier alpha value is -2.31. The van der Waals surface area contributed by atoms with Crippen LogP contribution in [0.25, 0.3) is 5.82 Å². The highest BCUT2D eigenvalue weighted by molar-refractivity contribution is 5.85. The van der Waals surface area contributed by atoms with Crippen molar-refractivity contribution in [3.63, 3.8) is 0 Å². The van der Waals surface area contributed by atoms with E-state index in [1.807, 2.05) is 13.8 Å². The van der Waals surface area contributed by atoms with Gasteiger partial charge in [-0.3, -0.25) is 4.98 Å². The summed E-state index contributed by atoms with van der Waals surface area (Å²) in [4.78, 5) is 23.0. The van der Waals surface area contributed by atoms with E-state index in [2.05, 4.69) is 20.1 Å². The van der Waals surface area contributed by atoms with Crippen molar-refractivity contribution in [3.8, 4) is 5.82 Å². The van der Waals surface area contributed by atoms with Crippen molar-refractivity contribution >= 4 is 5.97 Å². The number of carbonyl (C=O) groups is 1. The molecular formula is C11H13N5O2. The van der Waals surface area contributed by atoms with Gasteiger partial charge in [-0.2, -0.15) is 4.68 Å². The summed E-state index contributed by atoms with van der Waals surface area (Å²) in [5.74, 6) is 0.704. The van der Waals surface area contributed by atoms with Crippen molar-refractivity contribution in [2.45, 2.75) is 26.7 Å². The van der Waals surface area contributed by atoms with Crippen LogP contribution in [0, 0.1) is 0 Å². The molecule has 7 nitrogen and oxygen atoms in total. The maximum absolute atomic E-state index is 10.9. The minimum absolute atomic E-state index is 0.108. The van der Waals surface area contributed by atoms with E-state index in [-0.39, 0.29) is 5.69 Å². The first-order chi connectivity index (χ1) is 8.65. The Labute approximate surface area is 104 Å². The number of carboxylic acid groups (broad SMARTS) is 1. The van der Waals surface area contributed by atoms with Crippen molar-refractivity contribution in [2.75, 3.05) is 0 Å². The van der Waals surface area contributed by atoms with Crippen LogP contribution in [-0.4, -0.2) is 35.8 Å². The molecule has 0 aliphatic carbocycles. The Balaban J connectivity index is 2.50. The molecule has 7 heteroatoms. The van der Waals surface area contributed by atoms with Gasteiger partial charge in [0.25, 0.3) is 0 Å². The lowest BCUT2D eigenvalue weighted by atomic mass is 10.4. The molecule has 0 saturated carbocycles. The third kappa shape index (κ3) is 2.20. The summed E-state index contributed by atoms with van der Waals surface area (Å²) in [7, 11) is 0. The summed E-state index contributed by atoms with van der Waals surface area (Å²) in [5, 5.41) is 13.2. The summed E-state index contributed by atoms with van der Waals surface area (Å²) >= 11 is 0. The van der Waals surface area contributed by atoms with Crippen LogP contribution in [0.5, 0.6) is 0 Å². The smallest absolute Gasteiger partial charge is 0.356 e. The van der Waals surface area contributed by atoms with Gasteiger partial charge < -0.3 is 5.11 Å². The molecule has 94 valence electrons. The molecule has 0 unspecified atom stereocenters. The molecule has 0 aliphatic heterocycles. The molecule has 0 atom stereocenters. The fraction of sp³-hybridized carbons (Fsp3) is 0.364. The Morgan fingerprint density at radius 3 is 2.67 bits per heavy atom. The molecule has 2 aromatic heterocycles. The standard InChI is InChI=1S/C11H13N5O2/c1-3-8-14-9(4-2)16(15-8)10-6-12-5-7(13-10)11(17)18/h5-6H,3-4H2,1-2H3,(H,17,18). The van der Waals surface area contributed by atoms with Gasteiger partial charge in [0.1, 0.15) is 5.82 Å². The van der Waals surface area contributed by atoms with Crippen molar-refractivity contribution in [3.05, 3.63) is 29.7 Å². The molecule has 2 rings (SSSR count). The predicted octanol–water partition coefficient (Wildman–Crippen LogP) is 0.880. The van der Waals surface area contributed by atoms with Crippen molar-refractivity contribution in [1.29, 1.82) is 0 Å². The number of hydrogen-bond acceptors (Lipinski definition) is 5. The predicted molar refractivity (Wildman–Crippen MR) is 62.7 cm³/mol. The zero-order valence-electron chi connectivity index (χ0n) is 10.2. The van der Waals surface area contributed by atoms with Crippen LogP contribution in [0.4, 0.5) is 0 Å². The number of aromatic carboxylic acids is 1. The van der Waals surface area contributed by atoms with E-state index in [9.17, 15) is 4.79 Å². The van der Waals surface area contributed by atoms with E-state index in [1.165, 1.54) is 17.1 Å². The Morgan fingerprint density at radius 2 is 2.06 bits per heavy atom. The van der Waals surface area contributed by atoms with Crippen molar-refractivity contribution < 1.29 is 9.90 Å². The Bertz CT molecular complexity index is 579. The second-order valence-electron chi connectivity index (χ2n) is 3.63. The van der Waals surface area contributed by atoms with E-state index in [4.69, 9.17) is 5.11 Å². The van der Waals surface area contributed by atoms with Crippen LogP contribution in [-0.2, 0) is 12.8 Å². The number of hydrogen-bond donors (Lipinski definition) is 1. The van der Waals surface area contributed by atoms with E-state index in [1.54, 1.807) is 0 Å². The minimum Gasteiger partial charge on any atom is -0.476 e. The number of aryl methyl sites for hydroxylation is 2. The van der Waals surface area contributed by atoms with Gasteiger partial charge in [0.05, 0.1) is 12.4 Å². The summed E-state index contributed by atoms with van der Waals surface area (Å²) in [6, 6.07) is 0. The van der Waals surface area contributed by atoms with Crippen LogP contribution >= 0.6 is 0 Å². The quantitative estimate of drug-likeness (QED) is 0.861. The number of rotatable bonds is 4. The lowest BCUT2D eigenvalue weighted by molar-refractivity contribution is 0.0690. The van der Waals surface area contributed by atoms with Crippen LogP contribution in [0.3, 0.4) is 0 Å². The molecule has 0 saturated heterocycles. The second-order valence-corrected chi connectivity index (χ2v) is 3.63. The molecule has 0 fully saturated rings. The normalized spacial score (nSPS) is 10.6. The minimum atomic E-state index is -1.11. The van der Waals surface area contributed by atoms with E-state index < -0.39 is 5.97 Å². The van der Waals surface area contributed by atoms with Crippen LogP contribution in [0.1, 0.15) is 36.0 Å². The molecular weight excluding hydrogens is 234 g/mol. The molecule has 0 aromatic carbocycles. The van der Waals surface area contributed by atoms with Crippen molar-refractivity contribution in [2.24, 2.45) is 0 Å². The van der Waals surface area contributed by atoms with Gasteiger partial charge >= 0.3 is 5.97 Å². The average Bonchev–Trinajstić information content (AvgIpc) is 2.82. The van der Waals surface area contributed by atoms with Gasteiger partial charge in [-0.15, -0.1) is 5.10 Å². The van der Waals surface area contributed by atoms with E-state index in [0.717, 1.165) is 5.82 Å². The second kappa shape index (κ2) is 4.91. The Morgan fingerprint density at radius 1 is 1.28 bits per heavy atom. The first kappa shape index (κ1) is 12.2. The van der Waals surface area contributed by atoms with Crippen molar-refractivity contribution in [1.82, 2.24) is 24.7 Å². The lowest BCUT2D eigenvalue weighted by Crippen LogP contribution is -2.09. The summed E-state index contributed by atoms with van der Waals surface area (Å²) in [5.41, 5.74) is -0.108. The van der Waals surface area contributed by atoms with Gasteiger partial charge in [0.15, 0.2) is 17.3 Å². The molecule has 0 aliphatic rings. The highest BCUT2D eigenvalue weighted by Gasteiger charge is 2.13. The van der Waals surface area contributed by atoms with Crippen LogP contribution < -0.4 is 0 Å². The first-order valence-corrected chi connectivity index (χ1v) is 5.66. The van der Waals surface area contributed by atoms with Crippen LogP contribution in [0.15, 0.2) is 12.4 Å². The van der Waals surface area contributed by atoms with Gasteiger partial charge in [-0.25, -0.2) is 14.8 Å². The van der Waals surface area contributed by atoms with E-state index in [0.29, 0.717) is 24.5 Å².